The molecule has 3 heteroatoms. The Morgan fingerprint density at radius 1 is 0.867 bits per heavy atom. The van der Waals surface area contributed by atoms with E-state index in [1.807, 2.05) is 11.3 Å². The van der Waals surface area contributed by atoms with Crippen LogP contribution in [0.25, 0.3) is 19.5 Å². The van der Waals surface area contributed by atoms with Gasteiger partial charge < -0.3 is 0 Å². The molecule has 0 atom stereocenters. The van der Waals surface area contributed by atoms with Crippen LogP contribution in [-0.4, -0.2) is 0 Å². The van der Waals surface area contributed by atoms with Crippen molar-refractivity contribution in [1.82, 2.24) is 0 Å². The lowest BCUT2D eigenvalue weighted by Crippen LogP contribution is -1.57. The van der Waals surface area contributed by atoms with Gasteiger partial charge in [0.15, 0.2) is 4.88 Å². The zero-order chi connectivity index (χ0) is 10.1. The van der Waals surface area contributed by atoms with Gasteiger partial charge in [0.1, 0.15) is 5.38 Å². The molecule has 3 rings (SSSR count). The van der Waals surface area contributed by atoms with Crippen LogP contribution in [0.4, 0.5) is 0 Å². The molecule has 0 bridgehead atoms. The molecular weight excluding hydrogens is 240 g/mol. The first kappa shape index (κ1) is 9.33. The Hall–Kier alpha value is -0.900. The summed E-state index contributed by atoms with van der Waals surface area (Å²) in [7, 11) is 0. The molecule has 0 aliphatic heterocycles. The van der Waals surface area contributed by atoms with E-state index in [0.717, 1.165) is 0 Å². The maximum atomic E-state index is 2.23. The summed E-state index contributed by atoms with van der Waals surface area (Å²) in [5, 5.41) is 4.31. The van der Waals surface area contributed by atoms with Crippen LogP contribution >= 0.6 is 34.0 Å². The van der Waals surface area contributed by atoms with Crippen LogP contribution in [0.5, 0.6) is 0 Å². The van der Waals surface area contributed by atoms with Crippen molar-refractivity contribution >= 4 is 34.0 Å². The van der Waals surface area contributed by atoms with E-state index in [1.54, 1.807) is 11.3 Å². The summed E-state index contributed by atoms with van der Waals surface area (Å²) < 4.78 is 0. The molecule has 0 fully saturated rings. The molecule has 0 saturated carbocycles. The van der Waals surface area contributed by atoms with Crippen molar-refractivity contribution in [3.63, 3.8) is 0 Å². The lowest BCUT2D eigenvalue weighted by atomic mass is 10.3. The SMILES string of the molecule is c1csc(-c2ccc(-c3ccc[sH+]3)s2)c1. The summed E-state index contributed by atoms with van der Waals surface area (Å²) in [5.41, 5.74) is 0. The Bertz CT molecular complexity index is 480. The predicted molar refractivity (Wildman–Crippen MR) is 72.3 cm³/mol. The van der Waals surface area contributed by atoms with Gasteiger partial charge in [0.25, 0.3) is 0 Å². The molecule has 0 aliphatic carbocycles. The Kier molecular flexibility index (Phi) is 2.44. The molecule has 0 N–H and O–H groups in total. The van der Waals surface area contributed by atoms with E-state index in [1.165, 1.54) is 30.8 Å². The van der Waals surface area contributed by atoms with Crippen molar-refractivity contribution in [1.29, 1.82) is 0 Å². The van der Waals surface area contributed by atoms with Crippen molar-refractivity contribution in [2.45, 2.75) is 0 Å². The van der Waals surface area contributed by atoms with E-state index < -0.39 is 0 Å². The van der Waals surface area contributed by atoms with Gasteiger partial charge >= 0.3 is 0 Å². The van der Waals surface area contributed by atoms with Gasteiger partial charge in [-0.25, -0.2) is 0 Å². The first-order chi connectivity index (χ1) is 7.43. The highest BCUT2D eigenvalue weighted by atomic mass is 32.1. The van der Waals surface area contributed by atoms with Crippen LogP contribution in [0, 0.1) is 0 Å². The smallest absolute Gasteiger partial charge is 0.143 e. The van der Waals surface area contributed by atoms with E-state index in [-0.39, 0.29) is 0 Å². The fraction of sp³-hybridized carbons (Fsp3) is 0. The van der Waals surface area contributed by atoms with Crippen molar-refractivity contribution in [2.24, 2.45) is 0 Å². The van der Waals surface area contributed by atoms with Crippen LogP contribution in [0.3, 0.4) is 0 Å². The van der Waals surface area contributed by atoms with E-state index in [0.29, 0.717) is 0 Å². The Balaban J connectivity index is 2.02. The van der Waals surface area contributed by atoms with Crippen molar-refractivity contribution in [2.75, 3.05) is 0 Å². The van der Waals surface area contributed by atoms with Crippen molar-refractivity contribution in [3.05, 3.63) is 47.2 Å². The summed E-state index contributed by atoms with van der Waals surface area (Å²) in [6.07, 6.45) is 0. The minimum Gasteiger partial charge on any atom is -0.143 e. The second kappa shape index (κ2) is 3.93. The van der Waals surface area contributed by atoms with Crippen molar-refractivity contribution < 1.29 is 0 Å². The predicted octanol–water partition coefficient (Wildman–Crippen LogP) is 4.94. The molecule has 0 spiro atoms. The van der Waals surface area contributed by atoms with E-state index in [9.17, 15) is 0 Å². The second-order valence-corrected chi connectivity index (χ2v) is 6.23. The van der Waals surface area contributed by atoms with E-state index in [4.69, 9.17) is 0 Å². The molecule has 3 heterocycles. The third-order valence-corrected chi connectivity index (χ3v) is 5.50. The topological polar surface area (TPSA) is 0 Å². The van der Waals surface area contributed by atoms with Gasteiger partial charge in [-0.15, -0.1) is 22.7 Å². The monoisotopic (exact) mass is 249 g/mol. The Morgan fingerprint density at radius 2 is 1.80 bits per heavy atom. The molecule has 3 aromatic heterocycles. The standard InChI is InChI=1S/C12H8S3/c1-3-9(13-7-1)11-5-6-12(15-11)10-4-2-8-14-10/h1-8H/p+1. The van der Waals surface area contributed by atoms with Crippen LogP contribution in [0.1, 0.15) is 0 Å². The van der Waals surface area contributed by atoms with E-state index in [2.05, 4.69) is 47.2 Å². The number of rotatable bonds is 2. The molecule has 0 radical (unpaired) electrons. The van der Waals surface area contributed by atoms with Gasteiger partial charge in [-0.05, 0) is 41.0 Å². The molecule has 3 aromatic rings. The second-order valence-electron chi connectivity index (χ2n) is 3.16. The van der Waals surface area contributed by atoms with Crippen LogP contribution in [0.15, 0.2) is 47.2 Å². The summed E-state index contributed by atoms with van der Waals surface area (Å²) in [6, 6.07) is 13.1. The normalized spacial score (nSPS) is 10.7. The zero-order valence-corrected chi connectivity index (χ0v) is 10.4. The number of hydrogen-bond acceptors (Lipinski definition) is 2. The summed E-state index contributed by atoms with van der Waals surface area (Å²) >= 11 is 5.01. The van der Waals surface area contributed by atoms with Gasteiger partial charge in [0, 0.05) is 15.8 Å². The lowest BCUT2D eigenvalue weighted by Gasteiger charge is -1.87. The summed E-state index contributed by atoms with van der Waals surface area (Å²) in [6.45, 7) is 0. The Labute approximate surface area is 100 Å². The average Bonchev–Trinajstić information content (AvgIpc) is 3.02. The first-order valence-electron chi connectivity index (χ1n) is 4.65. The lowest BCUT2D eigenvalue weighted by molar-refractivity contribution is 1.91. The van der Waals surface area contributed by atoms with Gasteiger partial charge in [-0.3, -0.25) is 0 Å². The Morgan fingerprint density at radius 3 is 2.53 bits per heavy atom. The molecule has 0 aliphatic rings. The van der Waals surface area contributed by atoms with Crippen LogP contribution in [-0.2, 0) is 0 Å². The van der Waals surface area contributed by atoms with Crippen LogP contribution in [0.2, 0.25) is 0 Å². The first-order valence-corrected chi connectivity index (χ1v) is 7.31. The molecule has 0 amide bonds. The van der Waals surface area contributed by atoms with Gasteiger partial charge in [0.05, 0.1) is 4.88 Å². The summed E-state index contributed by atoms with van der Waals surface area (Å²) in [4.78, 5) is 5.56. The highest BCUT2D eigenvalue weighted by molar-refractivity contribution is 7.25. The molecule has 15 heavy (non-hydrogen) atoms. The molecule has 0 unspecified atom stereocenters. The largest absolute Gasteiger partial charge is 0.188 e. The van der Waals surface area contributed by atoms with Gasteiger partial charge in [0.2, 0.25) is 0 Å². The average molecular weight is 249 g/mol. The maximum Gasteiger partial charge on any atom is 0.188 e. The minimum absolute atomic E-state index is 1.33. The number of thiophene rings is 3. The third-order valence-electron chi connectivity index (χ3n) is 2.18. The molecule has 0 saturated heterocycles. The minimum atomic E-state index is 1.33. The number of hydrogen-bond donors (Lipinski definition) is 0. The van der Waals surface area contributed by atoms with Gasteiger partial charge in [-0.2, -0.15) is 0 Å². The fourth-order valence-corrected chi connectivity index (χ4v) is 4.24. The van der Waals surface area contributed by atoms with E-state index >= 15 is 0 Å². The highest BCUT2D eigenvalue weighted by Crippen LogP contribution is 2.37. The highest BCUT2D eigenvalue weighted by Gasteiger charge is 2.09. The third kappa shape index (κ3) is 1.78. The maximum absolute atomic E-state index is 2.23. The molecule has 0 nitrogen and oxygen atoms in total. The van der Waals surface area contributed by atoms with Crippen LogP contribution < -0.4 is 0 Å². The quantitative estimate of drug-likeness (QED) is 0.564. The molecule has 0 aromatic carbocycles. The zero-order valence-electron chi connectivity index (χ0n) is 7.88. The fourth-order valence-electron chi connectivity index (χ4n) is 1.47. The molecule has 74 valence electrons. The van der Waals surface area contributed by atoms with Crippen molar-refractivity contribution in [3.8, 4) is 19.5 Å². The molecular formula is C12H9S3+. The summed E-state index contributed by atoms with van der Waals surface area (Å²) in [5.74, 6) is 0. The van der Waals surface area contributed by atoms with Gasteiger partial charge in [-0.1, -0.05) is 6.07 Å².